The largest absolute Gasteiger partial charge is 0.468 e. The van der Waals surface area contributed by atoms with Crippen LogP contribution in [0.1, 0.15) is 40.9 Å². The molecule has 28 heavy (non-hydrogen) atoms. The lowest BCUT2D eigenvalue weighted by atomic mass is 10.1. The predicted octanol–water partition coefficient (Wildman–Crippen LogP) is 1.76. The minimum absolute atomic E-state index is 0.0513. The molecule has 0 radical (unpaired) electrons. The topological polar surface area (TPSA) is 118 Å². The lowest BCUT2D eigenvalue weighted by Gasteiger charge is -2.21. The van der Waals surface area contributed by atoms with Gasteiger partial charge in [-0.05, 0) is 42.7 Å². The summed E-state index contributed by atoms with van der Waals surface area (Å²) in [5.41, 5.74) is 6.61. The fourth-order valence-corrected chi connectivity index (χ4v) is 2.81. The van der Waals surface area contributed by atoms with Crippen LogP contribution < -0.4 is 16.4 Å². The average Bonchev–Trinajstić information content (AvgIpc) is 3.32. The fourth-order valence-electron chi connectivity index (χ4n) is 2.81. The number of hydrogen-bond acceptors (Lipinski definition) is 5. The van der Waals surface area contributed by atoms with Gasteiger partial charge in [0.2, 0.25) is 5.91 Å². The van der Waals surface area contributed by atoms with Gasteiger partial charge >= 0.3 is 6.03 Å². The zero-order valence-electron chi connectivity index (χ0n) is 15.5. The van der Waals surface area contributed by atoms with Gasteiger partial charge in [-0.3, -0.25) is 19.8 Å². The van der Waals surface area contributed by atoms with Gasteiger partial charge in [0.05, 0.1) is 12.8 Å². The van der Waals surface area contributed by atoms with E-state index >= 15 is 0 Å². The second-order valence-electron chi connectivity index (χ2n) is 6.90. The smallest absolute Gasteiger partial charge is 0.318 e. The Morgan fingerprint density at radius 3 is 2.46 bits per heavy atom. The van der Waals surface area contributed by atoms with Crippen LogP contribution in [0.2, 0.25) is 0 Å². The third-order valence-corrected chi connectivity index (χ3v) is 4.41. The first kappa shape index (κ1) is 19.6. The second kappa shape index (κ2) is 9.18. The zero-order valence-corrected chi connectivity index (χ0v) is 15.5. The first-order valence-corrected chi connectivity index (χ1v) is 9.23. The molecule has 1 fully saturated rings. The lowest BCUT2D eigenvalue weighted by Crippen LogP contribution is -2.37. The van der Waals surface area contributed by atoms with Crippen molar-refractivity contribution in [1.82, 2.24) is 15.5 Å². The number of imide groups is 1. The van der Waals surface area contributed by atoms with Crippen LogP contribution in [0.4, 0.5) is 4.79 Å². The zero-order chi connectivity index (χ0) is 19.9. The predicted molar refractivity (Wildman–Crippen MR) is 102 cm³/mol. The SMILES string of the molecule is NC(=O)NC(=O)CCN(Cc1ccc(C(=O)NC2CC2)cc1)Cc1ccco1. The van der Waals surface area contributed by atoms with Gasteiger partial charge in [-0.1, -0.05) is 12.1 Å². The monoisotopic (exact) mass is 384 g/mol. The minimum atomic E-state index is -0.859. The maximum absolute atomic E-state index is 12.1. The summed E-state index contributed by atoms with van der Waals surface area (Å²) in [6.45, 7) is 1.50. The molecule has 8 heteroatoms. The lowest BCUT2D eigenvalue weighted by molar-refractivity contribution is -0.120. The van der Waals surface area contributed by atoms with E-state index in [9.17, 15) is 14.4 Å². The van der Waals surface area contributed by atoms with Crippen molar-refractivity contribution in [3.05, 3.63) is 59.5 Å². The van der Waals surface area contributed by atoms with Gasteiger partial charge < -0.3 is 15.5 Å². The number of amides is 4. The Kier molecular flexibility index (Phi) is 6.44. The van der Waals surface area contributed by atoms with Gasteiger partial charge in [0.15, 0.2) is 0 Å². The van der Waals surface area contributed by atoms with Crippen molar-refractivity contribution in [2.45, 2.75) is 38.4 Å². The third kappa shape index (κ3) is 6.24. The van der Waals surface area contributed by atoms with Crippen LogP contribution in [-0.4, -0.2) is 35.3 Å². The molecule has 1 aliphatic carbocycles. The average molecular weight is 384 g/mol. The minimum Gasteiger partial charge on any atom is -0.468 e. The summed E-state index contributed by atoms with van der Waals surface area (Å²) >= 11 is 0. The van der Waals surface area contributed by atoms with Gasteiger partial charge in [0.25, 0.3) is 5.91 Å². The van der Waals surface area contributed by atoms with E-state index in [1.165, 1.54) is 0 Å². The molecule has 4 N–H and O–H groups in total. The molecule has 0 atom stereocenters. The Balaban J connectivity index is 1.59. The molecule has 1 heterocycles. The Bertz CT molecular complexity index is 813. The van der Waals surface area contributed by atoms with E-state index < -0.39 is 11.9 Å². The number of nitrogens with zero attached hydrogens (tertiary/aromatic N) is 1. The first-order valence-electron chi connectivity index (χ1n) is 9.23. The third-order valence-electron chi connectivity index (χ3n) is 4.41. The van der Waals surface area contributed by atoms with Crippen molar-refractivity contribution >= 4 is 17.8 Å². The van der Waals surface area contributed by atoms with Crippen LogP contribution in [0.3, 0.4) is 0 Å². The Labute approximate surface area is 163 Å². The number of carbonyl (C=O) groups is 3. The highest BCUT2D eigenvalue weighted by molar-refractivity contribution is 5.94. The van der Waals surface area contributed by atoms with Gasteiger partial charge in [-0.15, -0.1) is 0 Å². The van der Waals surface area contributed by atoms with E-state index in [4.69, 9.17) is 10.2 Å². The van der Waals surface area contributed by atoms with Crippen molar-refractivity contribution < 1.29 is 18.8 Å². The Morgan fingerprint density at radius 2 is 1.86 bits per heavy atom. The molecule has 1 saturated carbocycles. The molecule has 0 aliphatic heterocycles. The van der Waals surface area contributed by atoms with E-state index in [0.717, 1.165) is 24.2 Å². The van der Waals surface area contributed by atoms with Crippen molar-refractivity contribution in [1.29, 1.82) is 0 Å². The molecule has 1 aromatic heterocycles. The number of nitrogens with two attached hydrogens (primary N) is 1. The molecule has 8 nitrogen and oxygen atoms in total. The van der Waals surface area contributed by atoms with Crippen LogP contribution in [-0.2, 0) is 17.9 Å². The molecule has 0 unspecified atom stereocenters. The number of furan rings is 1. The number of nitrogens with one attached hydrogen (secondary N) is 2. The first-order chi connectivity index (χ1) is 13.5. The van der Waals surface area contributed by atoms with Crippen molar-refractivity contribution in [3.63, 3.8) is 0 Å². The number of hydrogen-bond donors (Lipinski definition) is 3. The highest BCUT2D eigenvalue weighted by atomic mass is 16.3. The summed E-state index contributed by atoms with van der Waals surface area (Å²) in [7, 11) is 0. The molecule has 1 aromatic carbocycles. The van der Waals surface area contributed by atoms with Crippen LogP contribution in [0, 0.1) is 0 Å². The Morgan fingerprint density at radius 1 is 1.11 bits per heavy atom. The van der Waals surface area contributed by atoms with Crippen LogP contribution >= 0.6 is 0 Å². The number of primary amides is 1. The molecular weight excluding hydrogens is 360 g/mol. The van der Waals surface area contributed by atoms with E-state index in [1.54, 1.807) is 24.5 Å². The van der Waals surface area contributed by atoms with E-state index in [1.807, 2.05) is 23.1 Å². The normalized spacial score (nSPS) is 13.3. The standard InChI is InChI=1S/C20H24N4O4/c21-20(27)23-18(25)9-10-24(13-17-2-1-11-28-17)12-14-3-5-15(6-4-14)19(26)22-16-7-8-16/h1-6,11,16H,7-10,12-13H2,(H,22,26)(H3,21,23,25,27). The van der Waals surface area contributed by atoms with Gasteiger partial charge in [-0.25, -0.2) is 4.79 Å². The van der Waals surface area contributed by atoms with Crippen molar-refractivity contribution in [2.75, 3.05) is 6.54 Å². The second-order valence-corrected chi connectivity index (χ2v) is 6.90. The maximum Gasteiger partial charge on any atom is 0.318 e. The van der Waals surface area contributed by atoms with Crippen LogP contribution in [0.25, 0.3) is 0 Å². The molecule has 3 rings (SSSR count). The van der Waals surface area contributed by atoms with E-state index in [2.05, 4.69) is 10.6 Å². The summed E-state index contributed by atoms with van der Waals surface area (Å²) in [5.74, 6) is 0.296. The summed E-state index contributed by atoms with van der Waals surface area (Å²) in [6.07, 6.45) is 3.83. The number of rotatable bonds is 9. The summed E-state index contributed by atoms with van der Waals surface area (Å²) < 4.78 is 5.40. The fraction of sp³-hybridized carbons (Fsp3) is 0.350. The molecule has 0 saturated heterocycles. The highest BCUT2D eigenvalue weighted by Gasteiger charge is 2.23. The van der Waals surface area contributed by atoms with E-state index in [0.29, 0.717) is 31.2 Å². The molecule has 1 aliphatic rings. The van der Waals surface area contributed by atoms with Crippen LogP contribution in [0.5, 0.6) is 0 Å². The van der Waals surface area contributed by atoms with E-state index in [-0.39, 0.29) is 12.3 Å². The van der Waals surface area contributed by atoms with Crippen LogP contribution in [0.15, 0.2) is 47.1 Å². The Hall–Kier alpha value is -3.13. The molecule has 2 aromatic rings. The molecule has 0 spiro atoms. The molecule has 4 amide bonds. The number of benzene rings is 1. The molecule has 148 valence electrons. The quantitative estimate of drug-likeness (QED) is 0.609. The summed E-state index contributed by atoms with van der Waals surface area (Å²) in [5, 5.41) is 5.03. The highest BCUT2D eigenvalue weighted by Crippen LogP contribution is 2.19. The van der Waals surface area contributed by atoms with Gasteiger partial charge in [-0.2, -0.15) is 0 Å². The number of carbonyl (C=O) groups excluding carboxylic acids is 3. The molecule has 0 bridgehead atoms. The molecular formula is C20H24N4O4. The van der Waals surface area contributed by atoms with Gasteiger partial charge in [0.1, 0.15) is 5.76 Å². The maximum atomic E-state index is 12.1. The number of urea groups is 1. The summed E-state index contributed by atoms with van der Waals surface area (Å²) in [6, 6.07) is 10.5. The van der Waals surface area contributed by atoms with Gasteiger partial charge in [0, 0.05) is 31.1 Å². The summed E-state index contributed by atoms with van der Waals surface area (Å²) in [4.78, 5) is 36.6. The van der Waals surface area contributed by atoms with Crippen molar-refractivity contribution in [2.24, 2.45) is 5.73 Å². The van der Waals surface area contributed by atoms with Crippen molar-refractivity contribution in [3.8, 4) is 0 Å².